The van der Waals surface area contributed by atoms with Gasteiger partial charge in [-0.25, -0.2) is 0 Å². The van der Waals surface area contributed by atoms with Crippen molar-refractivity contribution in [3.63, 3.8) is 0 Å². The van der Waals surface area contributed by atoms with Crippen LogP contribution in [0.5, 0.6) is 5.75 Å². The number of aryl methyl sites for hydroxylation is 2. The number of phenols is 1. The third-order valence-corrected chi connectivity index (χ3v) is 2.70. The van der Waals surface area contributed by atoms with Crippen LogP contribution in [0.2, 0.25) is 0 Å². The summed E-state index contributed by atoms with van der Waals surface area (Å²) in [5, 5.41) is 13.0. The Kier molecular flexibility index (Phi) is 2.00. The van der Waals surface area contributed by atoms with Crippen LogP contribution in [-0.4, -0.2) is 18.2 Å². The lowest BCUT2D eigenvalue weighted by molar-refractivity contribution is 0.411. The molecule has 1 saturated heterocycles. The van der Waals surface area contributed by atoms with Gasteiger partial charge in [0.05, 0.1) is 0 Å². The van der Waals surface area contributed by atoms with Crippen LogP contribution < -0.4 is 5.32 Å². The van der Waals surface area contributed by atoms with Gasteiger partial charge in [-0.3, -0.25) is 0 Å². The first kappa shape index (κ1) is 8.57. The summed E-state index contributed by atoms with van der Waals surface area (Å²) in [7, 11) is 0. The van der Waals surface area contributed by atoms with E-state index in [-0.39, 0.29) is 0 Å². The van der Waals surface area contributed by atoms with Gasteiger partial charge in [0, 0.05) is 24.6 Å². The van der Waals surface area contributed by atoms with Gasteiger partial charge < -0.3 is 10.4 Å². The molecule has 0 aliphatic carbocycles. The van der Waals surface area contributed by atoms with Crippen molar-refractivity contribution in [1.82, 2.24) is 5.32 Å². The summed E-state index contributed by atoms with van der Waals surface area (Å²) in [6, 6.07) is 4.11. The van der Waals surface area contributed by atoms with E-state index >= 15 is 0 Å². The highest BCUT2D eigenvalue weighted by molar-refractivity contribution is 5.45. The van der Waals surface area contributed by atoms with E-state index in [0.29, 0.717) is 11.7 Å². The lowest BCUT2D eigenvalue weighted by Gasteiger charge is -2.28. The van der Waals surface area contributed by atoms with Crippen LogP contribution in [0, 0.1) is 13.8 Å². The first-order valence-electron chi connectivity index (χ1n) is 4.69. The van der Waals surface area contributed by atoms with Gasteiger partial charge in [-0.05, 0) is 19.4 Å². The van der Waals surface area contributed by atoms with Gasteiger partial charge in [0.25, 0.3) is 0 Å². The standard InChI is InChI=1S/C11H15NO/c1-7-3-8(2)11(13)10(4-7)9-5-12-6-9/h3-4,9,12-13H,5-6H2,1-2H3. The highest BCUT2D eigenvalue weighted by Crippen LogP contribution is 2.32. The fraction of sp³-hybridized carbons (Fsp3) is 0.455. The number of aromatic hydroxyl groups is 1. The van der Waals surface area contributed by atoms with E-state index in [1.165, 1.54) is 5.56 Å². The first-order chi connectivity index (χ1) is 6.18. The van der Waals surface area contributed by atoms with Crippen molar-refractivity contribution in [3.8, 4) is 5.75 Å². The Balaban J connectivity index is 2.42. The number of benzene rings is 1. The minimum Gasteiger partial charge on any atom is -0.507 e. The van der Waals surface area contributed by atoms with E-state index in [1.807, 2.05) is 13.0 Å². The zero-order chi connectivity index (χ0) is 9.42. The summed E-state index contributed by atoms with van der Waals surface area (Å²) in [5.41, 5.74) is 3.33. The minimum atomic E-state index is 0.483. The normalized spacial score (nSPS) is 17.1. The van der Waals surface area contributed by atoms with Crippen molar-refractivity contribution >= 4 is 0 Å². The van der Waals surface area contributed by atoms with Crippen LogP contribution in [0.3, 0.4) is 0 Å². The molecule has 13 heavy (non-hydrogen) atoms. The molecule has 0 atom stereocenters. The molecule has 1 aromatic carbocycles. The van der Waals surface area contributed by atoms with Gasteiger partial charge in [-0.1, -0.05) is 17.7 Å². The summed E-state index contributed by atoms with van der Waals surface area (Å²) < 4.78 is 0. The van der Waals surface area contributed by atoms with E-state index < -0.39 is 0 Å². The maximum absolute atomic E-state index is 9.83. The Bertz CT molecular complexity index is 329. The third kappa shape index (κ3) is 1.42. The molecular weight excluding hydrogens is 162 g/mol. The average Bonchev–Trinajstić information content (AvgIpc) is 1.95. The van der Waals surface area contributed by atoms with Crippen LogP contribution in [-0.2, 0) is 0 Å². The smallest absolute Gasteiger partial charge is 0.122 e. The Morgan fingerprint density at radius 2 is 2.00 bits per heavy atom. The average molecular weight is 177 g/mol. The second-order valence-corrected chi connectivity index (χ2v) is 3.87. The minimum absolute atomic E-state index is 0.483. The maximum atomic E-state index is 9.83. The topological polar surface area (TPSA) is 32.3 Å². The predicted octanol–water partition coefficient (Wildman–Crippen LogP) is 1.70. The molecule has 1 heterocycles. The fourth-order valence-electron chi connectivity index (χ4n) is 1.81. The van der Waals surface area contributed by atoms with E-state index in [0.717, 1.165) is 24.2 Å². The molecule has 0 unspecified atom stereocenters. The molecule has 0 saturated carbocycles. The van der Waals surface area contributed by atoms with Crippen LogP contribution in [0.1, 0.15) is 22.6 Å². The van der Waals surface area contributed by atoms with E-state index in [1.54, 1.807) is 0 Å². The van der Waals surface area contributed by atoms with Crippen LogP contribution in [0.4, 0.5) is 0 Å². The monoisotopic (exact) mass is 177 g/mol. The van der Waals surface area contributed by atoms with Gasteiger partial charge >= 0.3 is 0 Å². The van der Waals surface area contributed by atoms with Gasteiger partial charge in [-0.15, -0.1) is 0 Å². The molecule has 1 aliphatic heterocycles. The van der Waals surface area contributed by atoms with Gasteiger partial charge in [0.1, 0.15) is 5.75 Å². The zero-order valence-electron chi connectivity index (χ0n) is 8.09. The molecule has 2 heteroatoms. The molecule has 0 radical (unpaired) electrons. The molecule has 0 bridgehead atoms. The molecule has 1 fully saturated rings. The number of hydrogen-bond donors (Lipinski definition) is 2. The lowest BCUT2D eigenvalue weighted by Crippen LogP contribution is -2.39. The molecule has 0 aromatic heterocycles. The number of rotatable bonds is 1. The molecule has 2 rings (SSSR count). The summed E-state index contributed by atoms with van der Waals surface area (Å²) in [6.07, 6.45) is 0. The van der Waals surface area contributed by atoms with Crippen molar-refractivity contribution in [2.75, 3.05) is 13.1 Å². The van der Waals surface area contributed by atoms with E-state index in [9.17, 15) is 5.11 Å². The molecule has 70 valence electrons. The van der Waals surface area contributed by atoms with E-state index in [2.05, 4.69) is 18.3 Å². The number of phenolic OH excluding ortho intramolecular Hbond substituents is 1. The Morgan fingerprint density at radius 3 is 2.54 bits per heavy atom. The second-order valence-electron chi connectivity index (χ2n) is 3.87. The van der Waals surface area contributed by atoms with Crippen molar-refractivity contribution < 1.29 is 5.11 Å². The molecule has 1 aromatic rings. The molecular formula is C11H15NO. The van der Waals surface area contributed by atoms with Crippen molar-refractivity contribution in [2.45, 2.75) is 19.8 Å². The molecule has 1 aliphatic rings. The largest absolute Gasteiger partial charge is 0.507 e. The third-order valence-electron chi connectivity index (χ3n) is 2.70. The van der Waals surface area contributed by atoms with Crippen molar-refractivity contribution in [1.29, 1.82) is 0 Å². The van der Waals surface area contributed by atoms with Crippen LogP contribution >= 0.6 is 0 Å². The SMILES string of the molecule is Cc1cc(C)c(O)c(C2CNC2)c1. The van der Waals surface area contributed by atoms with Crippen LogP contribution in [0.25, 0.3) is 0 Å². The molecule has 0 amide bonds. The fourth-order valence-corrected chi connectivity index (χ4v) is 1.81. The van der Waals surface area contributed by atoms with Gasteiger partial charge in [0.15, 0.2) is 0 Å². The Labute approximate surface area is 78.6 Å². The molecule has 2 nitrogen and oxygen atoms in total. The maximum Gasteiger partial charge on any atom is 0.122 e. The lowest BCUT2D eigenvalue weighted by atomic mass is 9.90. The highest BCUT2D eigenvalue weighted by Gasteiger charge is 2.22. The second kappa shape index (κ2) is 3.04. The summed E-state index contributed by atoms with van der Waals surface area (Å²) in [6.45, 7) is 6.02. The van der Waals surface area contributed by atoms with E-state index in [4.69, 9.17) is 0 Å². The van der Waals surface area contributed by atoms with Gasteiger partial charge in [-0.2, -0.15) is 0 Å². The quantitative estimate of drug-likeness (QED) is 0.684. The molecule has 0 spiro atoms. The zero-order valence-corrected chi connectivity index (χ0v) is 8.09. The summed E-state index contributed by atoms with van der Waals surface area (Å²) >= 11 is 0. The first-order valence-corrected chi connectivity index (χ1v) is 4.69. The van der Waals surface area contributed by atoms with Crippen LogP contribution in [0.15, 0.2) is 12.1 Å². The highest BCUT2D eigenvalue weighted by atomic mass is 16.3. The van der Waals surface area contributed by atoms with Crippen molar-refractivity contribution in [2.24, 2.45) is 0 Å². The number of nitrogens with one attached hydrogen (secondary N) is 1. The van der Waals surface area contributed by atoms with Crippen molar-refractivity contribution in [3.05, 3.63) is 28.8 Å². The molecule has 2 N–H and O–H groups in total. The Morgan fingerprint density at radius 1 is 1.31 bits per heavy atom. The van der Waals surface area contributed by atoms with Gasteiger partial charge in [0.2, 0.25) is 0 Å². The number of hydrogen-bond acceptors (Lipinski definition) is 2. The summed E-state index contributed by atoms with van der Waals surface area (Å²) in [5.74, 6) is 0.996. The predicted molar refractivity (Wildman–Crippen MR) is 53.2 cm³/mol. The Hall–Kier alpha value is -1.02. The summed E-state index contributed by atoms with van der Waals surface area (Å²) in [4.78, 5) is 0.